The van der Waals surface area contributed by atoms with Crippen LogP contribution in [0.1, 0.15) is 42.0 Å². The minimum absolute atomic E-state index is 0.680. The van der Waals surface area contributed by atoms with Crippen LogP contribution in [0.15, 0.2) is 6.20 Å². The molecule has 1 saturated heterocycles. The zero-order valence-corrected chi connectivity index (χ0v) is 11.9. The van der Waals surface area contributed by atoms with Gasteiger partial charge >= 0.3 is 0 Å². The topological polar surface area (TPSA) is 37.0 Å². The first kappa shape index (κ1) is 12.6. The predicted octanol–water partition coefficient (Wildman–Crippen LogP) is 2.46. The Morgan fingerprint density at radius 3 is 3.11 bits per heavy atom. The van der Waals surface area contributed by atoms with Gasteiger partial charge in [-0.15, -0.1) is 11.3 Å². The summed E-state index contributed by atoms with van der Waals surface area (Å²) >= 11 is 1.80. The molecule has 0 aromatic carbocycles. The summed E-state index contributed by atoms with van der Waals surface area (Å²) in [6.45, 7) is 4.13. The molecule has 4 heteroatoms. The van der Waals surface area contributed by atoms with Crippen LogP contribution in [0.4, 0.5) is 0 Å². The second kappa shape index (κ2) is 5.68. The molecule has 1 saturated carbocycles. The number of aromatic nitrogens is 1. The standard InChI is InChI=1S/C14H23N3S/c1-10-7-16-14(18-10)9-15-8-12-6-11-4-2-3-5-13(11)17-12/h7,11-13,15,17H,2-6,8-9H2,1H3. The summed E-state index contributed by atoms with van der Waals surface area (Å²) in [5.74, 6) is 0.952. The van der Waals surface area contributed by atoms with Gasteiger partial charge in [-0.3, -0.25) is 0 Å². The lowest BCUT2D eigenvalue weighted by Crippen LogP contribution is -2.38. The van der Waals surface area contributed by atoms with E-state index in [2.05, 4.69) is 22.5 Å². The molecule has 1 aliphatic heterocycles. The van der Waals surface area contributed by atoms with Crippen molar-refractivity contribution in [2.24, 2.45) is 5.92 Å². The van der Waals surface area contributed by atoms with Crippen molar-refractivity contribution in [3.8, 4) is 0 Å². The summed E-state index contributed by atoms with van der Waals surface area (Å²) in [5.41, 5.74) is 0. The van der Waals surface area contributed by atoms with Crippen LogP contribution in [-0.2, 0) is 6.54 Å². The monoisotopic (exact) mass is 265 g/mol. The van der Waals surface area contributed by atoms with Gasteiger partial charge in [0.2, 0.25) is 0 Å². The summed E-state index contributed by atoms with van der Waals surface area (Å²) in [6, 6.07) is 1.49. The summed E-state index contributed by atoms with van der Waals surface area (Å²) in [5, 5.41) is 8.57. The number of rotatable bonds is 4. The van der Waals surface area contributed by atoms with Crippen LogP contribution >= 0.6 is 11.3 Å². The highest BCUT2D eigenvalue weighted by atomic mass is 32.1. The van der Waals surface area contributed by atoms with E-state index in [0.29, 0.717) is 6.04 Å². The quantitative estimate of drug-likeness (QED) is 0.878. The Hall–Kier alpha value is -0.450. The van der Waals surface area contributed by atoms with Gasteiger partial charge in [-0.1, -0.05) is 12.8 Å². The highest BCUT2D eigenvalue weighted by molar-refractivity contribution is 7.11. The van der Waals surface area contributed by atoms with E-state index in [0.717, 1.165) is 25.0 Å². The minimum atomic E-state index is 0.680. The largest absolute Gasteiger partial charge is 0.310 e. The Balaban J connectivity index is 1.41. The molecule has 100 valence electrons. The Kier molecular flexibility index (Phi) is 3.97. The molecule has 1 aromatic heterocycles. The molecule has 0 amide bonds. The van der Waals surface area contributed by atoms with E-state index in [-0.39, 0.29) is 0 Å². The van der Waals surface area contributed by atoms with Crippen LogP contribution in [0.25, 0.3) is 0 Å². The smallest absolute Gasteiger partial charge is 0.107 e. The van der Waals surface area contributed by atoms with Gasteiger partial charge in [0.1, 0.15) is 5.01 Å². The SMILES string of the molecule is Cc1cnc(CNCC2CC3CCCCC3N2)s1. The lowest BCUT2D eigenvalue weighted by atomic mass is 9.85. The van der Waals surface area contributed by atoms with E-state index < -0.39 is 0 Å². The number of nitrogens with zero attached hydrogens (tertiary/aromatic N) is 1. The van der Waals surface area contributed by atoms with Crippen molar-refractivity contribution in [2.45, 2.75) is 57.7 Å². The summed E-state index contributed by atoms with van der Waals surface area (Å²) in [7, 11) is 0. The molecule has 18 heavy (non-hydrogen) atoms. The first-order valence-corrected chi connectivity index (χ1v) is 8.01. The van der Waals surface area contributed by atoms with Gasteiger partial charge in [-0.05, 0) is 32.1 Å². The van der Waals surface area contributed by atoms with Crippen molar-refractivity contribution >= 4 is 11.3 Å². The maximum atomic E-state index is 4.39. The van der Waals surface area contributed by atoms with Crippen LogP contribution in [-0.4, -0.2) is 23.6 Å². The van der Waals surface area contributed by atoms with Crippen LogP contribution in [0.2, 0.25) is 0 Å². The van der Waals surface area contributed by atoms with Gasteiger partial charge in [0, 0.05) is 36.2 Å². The van der Waals surface area contributed by atoms with Gasteiger partial charge in [0.05, 0.1) is 0 Å². The molecule has 0 spiro atoms. The Morgan fingerprint density at radius 1 is 1.44 bits per heavy atom. The van der Waals surface area contributed by atoms with E-state index in [1.54, 1.807) is 11.3 Å². The minimum Gasteiger partial charge on any atom is -0.310 e. The van der Waals surface area contributed by atoms with E-state index in [1.165, 1.54) is 42.0 Å². The second-order valence-electron chi connectivity index (χ2n) is 5.75. The molecule has 2 aliphatic rings. The van der Waals surface area contributed by atoms with E-state index in [1.807, 2.05) is 6.20 Å². The van der Waals surface area contributed by atoms with Gasteiger partial charge in [-0.25, -0.2) is 4.98 Å². The number of hydrogen-bond donors (Lipinski definition) is 2. The van der Waals surface area contributed by atoms with Crippen molar-refractivity contribution in [1.29, 1.82) is 0 Å². The maximum absolute atomic E-state index is 4.39. The third-order valence-corrected chi connectivity index (χ3v) is 5.19. The van der Waals surface area contributed by atoms with Crippen molar-refractivity contribution < 1.29 is 0 Å². The third-order valence-electron chi connectivity index (χ3n) is 4.28. The number of hydrogen-bond acceptors (Lipinski definition) is 4. The van der Waals surface area contributed by atoms with E-state index >= 15 is 0 Å². The lowest BCUT2D eigenvalue weighted by molar-refractivity contribution is 0.325. The number of nitrogens with one attached hydrogen (secondary N) is 2. The van der Waals surface area contributed by atoms with Crippen LogP contribution in [0, 0.1) is 12.8 Å². The molecular weight excluding hydrogens is 242 g/mol. The van der Waals surface area contributed by atoms with Gasteiger partial charge in [0.25, 0.3) is 0 Å². The molecule has 3 rings (SSSR count). The molecule has 1 aliphatic carbocycles. The van der Waals surface area contributed by atoms with Crippen LogP contribution in [0.5, 0.6) is 0 Å². The molecule has 2 fully saturated rings. The third kappa shape index (κ3) is 2.92. The van der Waals surface area contributed by atoms with Gasteiger partial charge in [-0.2, -0.15) is 0 Å². The summed E-state index contributed by atoms with van der Waals surface area (Å²) < 4.78 is 0. The van der Waals surface area contributed by atoms with Crippen molar-refractivity contribution in [3.05, 3.63) is 16.1 Å². The first-order chi connectivity index (χ1) is 8.81. The normalized spacial score (nSPS) is 31.5. The Bertz CT molecular complexity index is 376. The van der Waals surface area contributed by atoms with Crippen molar-refractivity contribution in [3.63, 3.8) is 0 Å². The first-order valence-electron chi connectivity index (χ1n) is 7.19. The Morgan fingerprint density at radius 2 is 2.33 bits per heavy atom. The zero-order valence-electron chi connectivity index (χ0n) is 11.1. The molecule has 3 nitrogen and oxygen atoms in total. The van der Waals surface area contributed by atoms with Gasteiger partial charge in [0.15, 0.2) is 0 Å². The fourth-order valence-corrected chi connectivity index (χ4v) is 4.18. The van der Waals surface area contributed by atoms with E-state index in [9.17, 15) is 0 Å². The zero-order chi connectivity index (χ0) is 12.4. The lowest BCUT2D eigenvalue weighted by Gasteiger charge is -2.24. The number of fused-ring (bicyclic) bond motifs is 1. The summed E-state index contributed by atoms with van der Waals surface area (Å²) in [4.78, 5) is 5.69. The molecular formula is C14H23N3S. The highest BCUT2D eigenvalue weighted by Crippen LogP contribution is 2.32. The molecule has 3 atom stereocenters. The average molecular weight is 265 g/mol. The molecule has 1 aromatic rings. The average Bonchev–Trinajstić information content (AvgIpc) is 2.95. The molecule has 0 radical (unpaired) electrons. The highest BCUT2D eigenvalue weighted by Gasteiger charge is 2.34. The fourth-order valence-electron chi connectivity index (χ4n) is 3.42. The maximum Gasteiger partial charge on any atom is 0.107 e. The predicted molar refractivity (Wildman–Crippen MR) is 75.8 cm³/mol. The fraction of sp³-hybridized carbons (Fsp3) is 0.786. The molecule has 3 unspecified atom stereocenters. The molecule has 0 bridgehead atoms. The molecule has 2 N–H and O–H groups in total. The van der Waals surface area contributed by atoms with Crippen molar-refractivity contribution in [2.75, 3.05) is 6.54 Å². The number of thiazole rings is 1. The van der Waals surface area contributed by atoms with Crippen LogP contribution < -0.4 is 10.6 Å². The Labute approximate surface area is 113 Å². The van der Waals surface area contributed by atoms with Gasteiger partial charge < -0.3 is 10.6 Å². The van der Waals surface area contributed by atoms with Crippen LogP contribution in [0.3, 0.4) is 0 Å². The molecule has 2 heterocycles. The van der Waals surface area contributed by atoms with E-state index in [4.69, 9.17) is 0 Å². The van der Waals surface area contributed by atoms with Crippen molar-refractivity contribution in [1.82, 2.24) is 15.6 Å². The number of aryl methyl sites for hydroxylation is 1. The summed E-state index contributed by atoms with van der Waals surface area (Å²) in [6.07, 6.45) is 9.04. The second-order valence-corrected chi connectivity index (χ2v) is 7.07.